The number of hydrogen-bond acceptors (Lipinski definition) is 3. The molecule has 0 heterocycles. The van der Waals surface area contributed by atoms with E-state index < -0.39 is 0 Å². The van der Waals surface area contributed by atoms with Gasteiger partial charge in [0.1, 0.15) is 5.75 Å². The van der Waals surface area contributed by atoms with E-state index in [9.17, 15) is 4.79 Å². The Hall–Kier alpha value is -2.33. The summed E-state index contributed by atoms with van der Waals surface area (Å²) in [5, 5.41) is 2.84. The normalized spacial score (nSPS) is 10.1. The number of anilines is 1. The summed E-state index contributed by atoms with van der Waals surface area (Å²) in [6.45, 7) is 2.99. The van der Waals surface area contributed by atoms with Gasteiger partial charge in [0.2, 0.25) is 0 Å². The average molecular weight is 270 g/mol. The zero-order valence-electron chi connectivity index (χ0n) is 11.4. The molecule has 104 valence electrons. The number of nitrogens with two attached hydrogens (primary N) is 1. The van der Waals surface area contributed by atoms with E-state index >= 15 is 0 Å². The second-order valence-electron chi connectivity index (χ2n) is 4.32. The van der Waals surface area contributed by atoms with Gasteiger partial charge in [-0.3, -0.25) is 4.79 Å². The minimum atomic E-state index is -0.151. The summed E-state index contributed by atoms with van der Waals surface area (Å²) in [4.78, 5) is 12.1. The molecular weight excluding hydrogens is 252 g/mol. The molecule has 0 radical (unpaired) electrons. The maximum Gasteiger partial charge on any atom is 0.255 e. The smallest absolute Gasteiger partial charge is 0.255 e. The van der Waals surface area contributed by atoms with Crippen molar-refractivity contribution in [3.63, 3.8) is 0 Å². The molecule has 0 aliphatic carbocycles. The van der Waals surface area contributed by atoms with Crippen LogP contribution in [-0.2, 0) is 6.54 Å². The molecule has 0 fully saturated rings. The topological polar surface area (TPSA) is 64.3 Å². The number of ether oxygens (including phenoxy) is 1. The number of nitrogens with one attached hydrogen (secondary N) is 1. The first kappa shape index (κ1) is 14.1. The quantitative estimate of drug-likeness (QED) is 0.878. The predicted molar refractivity (Wildman–Crippen MR) is 79.9 cm³/mol. The zero-order valence-corrected chi connectivity index (χ0v) is 11.4. The van der Waals surface area contributed by atoms with Crippen LogP contribution < -0.4 is 15.8 Å². The van der Waals surface area contributed by atoms with Crippen LogP contribution in [0.1, 0.15) is 22.8 Å². The van der Waals surface area contributed by atoms with Gasteiger partial charge >= 0.3 is 0 Å². The molecule has 3 N–H and O–H groups in total. The molecule has 4 nitrogen and oxygen atoms in total. The minimum absolute atomic E-state index is 0.151. The van der Waals surface area contributed by atoms with Gasteiger partial charge in [0.05, 0.1) is 6.61 Å². The van der Waals surface area contributed by atoms with E-state index in [0.29, 0.717) is 24.4 Å². The lowest BCUT2D eigenvalue weighted by molar-refractivity contribution is 0.102. The highest BCUT2D eigenvalue weighted by Crippen LogP contribution is 2.18. The Morgan fingerprint density at radius 2 is 1.95 bits per heavy atom. The zero-order chi connectivity index (χ0) is 14.4. The van der Waals surface area contributed by atoms with Gasteiger partial charge in [-0.15, -0.1) is 0 Å². The molecule has 20 heavy (non-hydrogen) atoms. The SMILES string of the molecule is CCOc1cccc(NC(=O)c2ccc(CN)cc2)c1. The minimum Gasteiger partial charge on any atom is -0.494 e. The lowest BCUT2D eigenvalue weighted by Gasteiger charge is -2.08. The lowest BCUT2D eigenvalue weighted by Crippen LogP contribution is -2.12. The third-order valence-electron chi connectivity index (χ3n) is 2.85. The molecular formula is C16H18N2O2. The molecule has 0 saturated carbocycles. The van der Waals surface area contributed by atoms with Gasteiger partial charge in [-0.25, -0.2) is 0 Å². The molecule has 4 heteroatoms. The fourth-order valence-corrected chi connectivity index (χ4v) is 1.83. The summed E-state index contributed by atoms with van der Waals surface area (Å²) in [5.74, 6) is 0.589. The predicted octanol–water partition coefficient (Wildman–Crippen LogP) is 2.80. The Morgan fingerprint density at radius 1 is 1.20 bits per heavy atom. The summed E-state index contributed by atoms with van der Waals surface area (Å²) in [7, 11) is 0. The van der Waals surface area contributed by atoms with E-state index in [2.05, 4.69) is 5.32 Å². The van der Waals surface area contributed by atoms with Gasteiger partial charge in [-0.1, -0.05) is 18.2 Å². The molecule has 0 saturated heterocycles. The van der Waals surface area contributed by atoms with Crippen molar-refractivity contribution in [1.29, 1.82) is 0 Å². The Labute approximate surface area is 118 Å². The molecule has 2 rings (SSSR count). The van der Waals surface area contributed by atoms with Crippen molar-refractivity contribution in [2.75, 3.05) is 11.9 Å². The van der Waals surface area contributed by atoms with Crippen LogP contribution in [0.15, 0.2) is 48.5 Å². The lowest BCUT2D eigenvalue weighted by atomic mass is 10.1. The number of carbonyl (C=O) groups excluding carboxylic acids is 1. The van der Waals surface area contributed by atoms with E-state index in [1.165, 1.54) is 0 Å². The fraction of sp³-hybridized carbons (Fsp3) is 0.188. The largest absolute Gasteiger partial charge is 0.494 e. The molecule has 0 unspecified atom stereocenters. The molecule has 2 aromatic rings. The third kappa shape index (κ3) is 3.59. The summed E-state index contributed by atoms with van der Waals surface area (Å²) < 4.78 is 5.40. The number of amides is 1. The molecule has 0 aliphatic rings. The fourth-order valence-electron chi connectivity index (χ4n) is 1.83. The van der Waals surface area contributed by atoms with E-state index in [1.807, 2.05) is 37.3 Å². The monoisotopic (exact) mass is 270 g/mol. The molecule has 0 aliphatic heterocycles. The number of carbonyl (C=O) groups is 1. The van der Waals surface area contributed by atoms with Crippen molar-refractivity contribution < 1.29 is 9.53 Å². The highest BCUT2D eigenvalue weighted by atomic mass is 16.5. The molecule has 0 bridgehead atoms. The molecule has 0 atom stereocenters. The van der Waals surface area contributed by atoms with Crippen LogP contribution in [0.4, 0.5) is 5.69 Å². The van der Waals surface area contributed by atoms with Crippen LogP contribution in [-0.4, -0.2) is 12.5 Å². The van der Waals surface area contributed by atoms with Crippen molar-refractivity contribution >= 4 is 11.6 Å². The summed E-state index contributed by atoms with van der Waals surface area (Å²) in [6.07, 6.45) is 0. The van der Waals surface area contributed by atoms with Crippen molar-refractivity contribution in [3.05, 3.63) is 59.7 Å². The standard InChI is InChI=1S/C16H18N2O2/c1-2-20-15-5-3-4-14(10-15)18-16(19)13-8-6-12(11-17)7-9-13/h3-10H,2,11,17H2,1H3,(H,18,19). The first-order valence-electron chi connectivity index (χ1n) is 6.56. The van der Waals surface area contributed by atoms with Crippen molar-refractivity contribution in [3.8, 4) is 5.75 Å². The number of benzene rings is 2. The van der Waals surface area contributed by atoms with E-state index in [4.69, 9.17) is 10.5 Å². The van der Waals surface area contributed by atoms with Crippen molar-refractivity contribution in [2.45, 2.75) is 13.5 Å². The molecule has 1 amide bonds. The highest BCUT2D eigenvalue weighted by Gasteiger charge is 2.06. The maximum absolute atomic E-state index is 12.1. The van der Waals surface area contributed by atoms with Crippen LogP contribution in [0.3, 0.4) is 0 Å². The van der Waals surface area contributed by atoms with Gasteiger partial charge in [0, 0.05) is 23.9 Å². The summed E-state index contributed by atoms with van der Waals surface area (Å²) in [5.41, 5.74) is 7.84. The molecule has 0 spiro atoms. The van der Waals surface area contributed by atoms with Crippen LogP contribution in [0.25, 0.3) is 0 Å². The highest BCUT2D eigenvalue weighted by molar-refractivity contribution is 6.04. The third-order valence-corrected chi connectivity index (χ3v) is 2.85. The van der Waals surface area contributed by atoms with Gasteiger partial charge in [0.15, 0.2) is 0 Å². The van der Waals surface area contributed by atoms with Gasteiger partial charge in [0.25, 0.3) is 5.91 Å². The van der Waals surface area contributed by atoms with Gasteiger partial charge in [-0.05, 0) is 36.8 Å². The van der Waals surface area contributed by atoms with Crippen molar-refractivity contribution in [2.24, 2.45) is 5.73 Å². The Kier molecular flexibility index (Phi) is 4.74. The van der Waals surface area contributed by atoms with E-state index in [1.54, 1.807) is 18.2 Å². The Bertz CT molecular complexity index is 579. The van der Waals surface area contributed by atoms with Crippen molar-refractivity contribution in [1.82, 2.24) is 0 Å². The van der Waals surface area contributed by atoms with Crippen LogP contribution in [0.2, 0.25) is 0 Å². The molecule has 2 aromatic carbocycles. The Morgan fingerprint density at radius 3 is 2.60 bits per heavy atom. The summed E-state index contributed by atoms with van der Waals surface area (Å²) in [6, 6.07) is 14.6. The first-order valence-corrected chi connectivity index (χ1v) is 6.56. The van der Waals surface area contributed by atoms with E-state index in [0.717, 1.165) is 11.3 Å². The van der Waals surface area contributed by atoms with Crippen LogP contribution in [0.5, 0.6) is 5.75 Å². The van der Waals surface area contributed by atoms with E-state index in [-0.39, 0.29) is 5.91 Å². The number of hydrogen-bond donors (Lipinski definition) is 2. The van der Waals surface area contributed by atoms with Gasteiger partial charge < -0.3 is 15.8 Å². The number of rotatable bonds is 5. The average Bonchev–Trinajstić information content (AvgIpc) is 2.48. The second kappa shape index (κ2) is 6.73. The molecule has 0 aromatic heterocycles. The van der Waals surface area contributed by atoms with Gasteiger partial charge in [-0.2, -0.15) is 0 Å². The van der Waals surface area contributed by atoms with Crippen LogP contribution in [0, 0.1) is 0 Å². The first-order chi connectivity index (χ1) is 9.72. The summed E-state index contributed by atoms with van der Waals surface area (Å²) >= 11 is 0. The maximum atomic E-state index is 12.1. The Balaban J connectivity index is 2.08. The second-order valence-corrected chi connectivity index (χ2v) is 4.32. The van der Waals surface area contributed by atoms with Crippen LogP contribution >= 0.6 is 0 Å².